The van der Waals surface area contributed by atoms with Crippen LogP contribution in [0.5, 0.6) is 0 Å². The van der Waals surface area contributed by atoms with Crippen molar-refractivity contribution in [2.24, 2.45) is 5.73 Å². The van der Waals surface area contributed by atoms with Crippen LogP contribution in [-0.2, 0) is 5.60 Å². The Labute approximate surface area is 89.3 Å². The zero-order valence-corrected chi connectivity index (χ0v) is 8.96. The molecule has 0 spiro atoms. The number of nitrogens with two attached hydrogens (primary N) is 1. The lowest BCUT2D eigenvalue weighted by molar-refractivity contribution is -0.0555. The zero-order valence-electron chi connectivity index (χ0n) is 7.37. The molecule has 0 aromatic carbocycles. The van der Waals surface area contributed by atoms with Gasteiger partial charge in [-0.25, -0.2) is 4.98 Å². The average Bonchev–Trinajstić information content (AvgIpc) is 2.00. The molecule has 0 bridgehead atoms. The fourth-order valence-corrected chi connectivity index (χ4v) is 2.07. The van der Waals surface area contributed by atoms with Crippen molar-refractivity contribution in [1.29, 1.82) is 0 Å². The molecule has 0 atom stereocenters. The first-order valence-corrected chi connectivity index (χ1v) is 5.11. The molecule has 1 aromatic heterocycles. The number of halogens is 2. The van der Waals surface area contributed by atoms with E-state index in [2.05, 4.69) is 20.9 Å². The first-order chi connectivity index (χ1) is 6.51. The summed E-state index contributed by atoms with van der Waals surface area (Å²) in [6.07, 6.45) is 0.792. The maximum absolute atomic E-state index is 13.4. The van der Waals surface area contributed by atoms with Crippen molar-refractivity contribution in [3.63, 3.8) is 0 Å². The summed E-state index contributed by atoms with van der Waals surface area (Å²) in [4.78, 5) is 3.60. The van der Waals surface area contributed by atoms with Crippen molar-refractivity contribution in [3.8, 4) is 0 Å². The van der Waals surface area contributed by atoms with Crippen LogP contribution in [0.15, 0.2) is 16.7 Å². The van der Waals surface area contributed by atoms with Crippen molar-refractivity contribution in [1.82, 2.24) is 4.98 Å². The molecule has 1 aliphatic rings. The fourth-order valence-electron chi connectivity index (χ4n) is 1.79. The summed E-state index contributed by atoms with van der Waals surface area (Å²) < 4.78 is 13.8. The summed E-state index contributed by atoms with van der Waals surface area (Å²) >= 11 is 3.06. The maximum atomic E-state index is 13.4. The van der Waals surface area contributed by atoms with Crippen molar-refractivity contribution in [2.75, 3.05) is 0 Å². The van der Waals surface area contributed by atoms with Gasteiger partial charge in [-0.2, -0.15) is 4.39 Å². The molecule has 3 N–H and O–H groups in total. The molecular weight excluding hydrogens is 251 g/mol. The fraction of sp³-hybridized carbons (Fsp3) is 0.444. The topological polar surface area (TPSA) is 59.1 Å². The predicted octanol–water partition coefficient (Wildman–Crippen LogP) is 1.29. The molecule has 1 saturated carbocycles. The lowest BCUT2D eigenvalue weighted by Gasteiger charge is -2.41. The molecule has 2 rings (SSSR count). The van der Waals surface area contributed by atoms with Gasteiger partial charge in [0.25, 0.3) is 0 Å². The lowest BCUT2D eigenvalue weighted by atomic mass is 9.72. The van der Waals surface area contributed by atoms with E-state index in [4.69, 9.17) is 5.73 Å². The molecule has 1 aromatic rings. The standard InChI is InChI=1S/C9H10BrFN2O/c10-7-2-1-6(8(11)13-7)9(14)3-5(12)4-9/h1-2,5,14H,3-4,12H2/t5-,9-. The van der Waals surface area contributed by atoms with E-state index in [0.717, 1.165) is 0 Å². The van der Waals surface area contributed by atoms with E-state index in [0.29, 0.717) is 17.4 Å². The number of hydrogen-bond acceptors (Lipinski definition) is 3. The lowest BCUT2D eigenvalue weighted by Crippen LogP contribution is -2.49. The Morgan fingerprint density at radius 3 is 2.71 bits per heavy atom. The normalized spacial score (nSPS) is 31.3. The van der Waals surface area contributed by atoms with Crippen LogP contribution in [-0.4, -0.2) is 16.1 Å². The molecule has 1 fully saturated rings. The largest absolute Gasteiger partial charge is 0.385 e. The number of hydrogen-bond donors (Lipinski definition) is 2. The quantitative estimate of drug-likeness (QED) is 0.749. The van der Waals surface area contributed by atoms with Crippen molar-refractivity contribution in [3.05, 3.63) is 28.2 Å². The van der Waals surface area contributed by atoms with Gasteiger partial charge < -0.3 is 10.8 Å². The minimum atomic E-state index is -1.11. The van der Waals surface area contributed by atoms with E-state index in [1.165, 1.54) is 6.07 Å². The molecule has 14 heavy (non-hydrogen) atoms. The number of aliphatic hydroxyl groups is 1. The number of rotatable bonds is 1. The Balaban J connectivity index is 2.33. The van der Waals surface area contributed by atoms with Gasteiger partial charge in [0, 0.05) is 11.6 Å². The highest BCUT2D eigenvalue weighted by atomic mass is 79.9. The highest BCUT2D eigenvalue weighted by Gasteiger charge is 2.44. The molecule has 0 unspecified atom stereocenters. The highest BCUT2D eigenvalue weighted by molar-refractivity contribution is 9.10. The van der Waals surface area contributed by atoms with Crippen LogP contribution < -0.4 is 5.73 Å². The average molecular weight is 261 g/mol. The SMILES string of the molecule is N[C@H]1C[C@@](O)(c2ccc(Br)nc2F)C1. The number of aromatic nitrogens is 1. The molecule has 0 radical (unpaired) electrons. The molecule has 76 valence electrons. The third-order valence-electron chi connectivity index (χ3n) is 2.52. The zero-order chi connectivity index (χ0) is 10.3. The van der Waals surface area contributed by atoms with E-state index in [9.17, 15) is 9.50 Å². The van der Waals surface area contributed by atoms with Gasteiger partial charge >= 0.3 is 0 Å². The summed E-state index contributed by atoms with van der Waals surface area (Å²) in [5, 5.41) is 9.95. The van der Waals surface area contributed by atoms with Gasteiger partial charge in [-0.05, 0) is 40.9 Å². The van der Waals surface area contributed by atoms with Crippen LogP contribution in [0.4, 0.5) is 4.39 Å². The van der Waals surface area contributed by atoms with Gasteiger partial charge in [0.05, 0.1) is 5.60 Å². The predicted molar refractivity (Wildman–Crippen MR) is 53.0 cm³/mol. The van der Waals surface area contributed by atoms with Crippen molar-refractivity contribution >= 4 is 15.9 Å². The highest BCUT2D eigenvalue weighted by Crippen LogP contribution is 2.41. The van der Waals surface area contributed by atoms with Gasteiger partial charge in [-0.1, -0.05) is 0 Å². The summed E-state index contributed by atoms with van der Waals surface area (Å²) in [7, 11) is 0. The molecule has 0 amide bonds. The van der Waals surface area contributed by atoms with Crippen LogP contribution in [0.1, 0.15) is 18.4 Å². The summed E-state index contributed by atoms with van der Waals surface area (Å²) in [5.74, 6) is -0.631. The Bertz CT molecular complexity index is 366. The first-order valence-electron chi connectivity index (χ1n) is 4.32. The van der Waals surface area contributed by atoms with Crippen LogP contribution in [0, 0.1) is 5.95 Å². The Kier molecular flexibility index (Phi) is 2.33. The molecule has 0 aliphatic heterocycles. The van der Waals surface area contributed by atoms with Gasteiger partial charge in [0.2, 0.25) is 5.95 Å². The molecular formula is C9H10BrFN2O. The van der Waals surface area contributed by atoms with Crippen LogP contribution in [0.2, 0.25) is 0 Å². The van der Waals surface area contributed by atoms with E-state index < -0.39 is 11.5 Å². The second kappa shape index (κ2) is 3.25. The number of pyridine rings is 1. The summed E-state index contributed by atoms with van der Waals surface area (Å²) in [6.45, 7) is 0. The second-order valence-electron chi connectivity index (χ2n) is 3.67. The molecule has 1 aliphatic carbocycles. The van der Waals surface area contributed by atoms with E-state index in [1.54, 1.807) is 6.07 Å². The Morgan fingerprint density at radius 1 is 1.57 bits per heavy atom. The minimum absolute atomic E-state index is 0.0388. The summed E-state index contributed by atoms with van der Waals surface area (Å²) in [6, 6.07) is 3.11. The van der Waals surface area contributed by atoms with Crippen LogP contribution in [0.3, 0.4) is 0 Å². The van der Waals surface area contributed by atoms with Gasteiger partial charge in [-0.15, -0.1) is 0 Å². The Hall–Kier alpha value is -0.520. The number of nitrogens with zero attached hydrogens (tertiary/aromatic N) is 1. The monoisotopic (exact) mass is 260 g/mol. The minimum Gasteiger partial charge on any atom is -0.385 e. The Morgan fingerprint density at radius 2 is 2.21 bits per heavy atom. The van der Waals surface area contributed by atoms with E-state index >= 15 is 0 Å². The van der Waals surface area contributed by atoms with Crippen LogP contribution >= 0.6 is 15.9 Å². The third kappa shape index (κ3) is 1.55. The molecule has 1 heterocycles. The van der Waals surface area contributed by atoms with E-state index in [1.807, 2.05) is 0 Å². The summed E-state index contributed by atoms with van der Waals surface area (Å²) in [5.41, 5.74) is 4.68. The van der Waals surface area contributed by atoms with Gasteiger partial charge in [-0.3, -0.25) is 0 Å². The first kappa shape index (κ1) is 10.0. The van der Waals surface area contributed by atoms with Crippen molar-refractivity contribution < 1.29 is 9.50 Å². The second-order valence-corrected chi connectivity index (χ2v) is 4.48. The smallest absolute Gasteiger partial charge is 0.220 e. The van der Waals surface area contributed by atoms with Gasteiger partial charge in [0.15, 0.2) is 0 Å². The molecule has 3 nitrogen and oxygen atoms in total. The van der Waals surface area contributed by atoms with Crippen LogP contribution in [0.25, 0.3) is 0 Å². The van der Waals surface area contributed by atoms with E-state index in [-0.39, 0.29) is 11.6 Å². The molecule has 0 saturated heterocycles. The van der Waals surface area contributed by atoms with Gasteiger partial charge in [0.1, 0.15) is 4.60 Å². The molecule has 5 heteroatoms. The van der Waals surface area contributed by atoms with Crippen molar-refractivity contribution in [2.45, 2.75) is 24.5 Å². The maximum Gasteiger partial charge on any atom is 0.220 e. The third-order valence-corrected chi connectivity index (χ3v) is 2.96.